The van der Waals surface area contributed by atoms with Crippen LogP contribution in [0.1, 0.15) is 165 Å². The molecule has 0 radical (unpaired) electrons. The Kier molecular flexibility index (Phi) is 20.5. The number of aliphatic hydroxyl groups is 4. The number of aromatic amines is 2. The molecule has 2 aliphatic heterocycles. The number of nitrogens with zero attached hydrogens (tertiary/aromatic N) is 6. The lowest BCUT2D eigenvalue weighted by Gasteiger charge is -2.59. The average molecular weight is 1630 g/mol. The molecule has 2 saturated heterocycles. The third-order valence-corrected chi connectivity index (χ3v) is 34.2. The summed E-state index contributed by atoms with van der Waals surface area (Å²) in [6.07, 6.45) is 32.1. The molecule has 0 bridgehead atoms. The molecule has 7 heterocycles. The normalized spacial score (nSPS) is 41.0. The van der Waals surface area contributed by atoms with E-state index in [-0.39, 0.29) is 134 Å². The maximum absolute atomic E-state index is 14.5. The zero-order chi connectivity index (χ0) is 81.0. The van der Waals surface area contributed by atoms with Gasteiger partial charge in [0.05, 0.1) is 87.8 Å². The van der Waals surface area contributed by atoms with Crippen molar-refractivity contribution in [1.82, 2.24) is 39.9 Å². The van der Waals surface area contributed by atoms with Gasteiger partial charge in [0.15, 0.2) is 74.4 Å². The molecule has 16 unspecified atom stereocenters. The fourth-order valence-corrected chi connectivity index (χ4v) is 28.8. The molecule has 22 nitrogen and oxygen atoms in total. The van der Waals surface area contributed by atoms with Crippen LogP contribution in [0.2, 0.25) is 0 Å². The Bertz CT molecular complexity index is 5130. The molecule has 11 fully saturated rings. The van der Waals surface area contributed by atoms with Crippen molar-refractivity contribution in [2.75, 3.05) is 17.3 Å². The predicted molar refractivity (Wildman–Crippen MR) is 439 cm³/mol. The molecule has 612 valence electrons. The number of fused-ring (bicyclic) bond motifs is 22. The maximum Gasteiger partial charge on any atom is 0.178 e. The minimum absolute atomic E-state index is 0.00845. The molecule has 25 heteroatoms. The highest BCUT2D eigenvalue weighted by Crippen LogP contribution is 2.73. The van der Waals surface area contributed by atoms with E-state index in [4.69, 9.17) is 23.9 Å². The topological polar surface area (TPSA) is 329 Å². The highest BCUT2D eigenvalue weighted by molar-refractivity contribution is 8.00. The maximum atomic E-state index is 14.5. The number of ketones is 6. The number of imidazole rings is 2. The molecule has 12 aliphatic carbocycles. The van der Waals surface area contributed by atoms with Crippen LogP contribution < -0.4 is 0 Å². The molecule has 6 aromatic rings. The first-order chi connectivity index (χ1) is 55.5. The van der Waals surface area contributed by atoms with Crippen LogP contribution >= 0.6 is 35.3 Å². The van der Waals surface area contributed by atoms with E-state index in [1.165, 1.54) is 35.3 Å². The number of carbonyl (C=O) groups excluding carboxylic acids is 6. The Morgan fingerprint density at radius 2 is 1.00 bits per heavy atom. The van der Waals surface area contributed by atoms with Crippen LogP contribution in [0, 0.1) is 85.8 Å². The van der Waals surface area contributed by atoms with Gasteiger partial charge < -0.3 is 49.3 Å². The van der Waals surface area contributed by atoms with Crippen molar-refractivity contribution < 1.29 is 68.1 Å². The van der Waals surface area contributed by atoms with Gasteiger partial charge in [0.25, 0.3) is 0 Å². The van der Waals surface area contributed by atoms with Gasteiger partial charge in [0, 0.05) is 62.6 Å². The van der Waals surface area contributed by atoms with Gasteiger partial charge in [-0.05, 0) is 199 Å². The van der Waals surface area contributed by atoms with Gasteiger partial charge in [-0.25, -0.2) is 19.9 Å². The van der Waals surface area contributed by atoms with Crippen LogP contribution in [0.5, 0.6) is 0 Å². The largest absolute Gasteiger partial charge is 0.393 e. The third kappa shape index (κ3) is 12.4. The summed E-state index contributed by atoms with van der Waals surface area (Å²) >= 11 is 4.07. The molecule has 20 rings (SSSR count). The first-order valence-corrected chi connectivity index (χ1v) is 45.1. The Morgan fingerprint density at radius 3 is 1.52 bits per heavy atom. The summed E-state index contributed by atoms with van der Waals surface area (Å²) in [5.74, 6) is 1.49. The lowest BCUT2D eigenvalue weighted by molar-refractivity contribution is -0.197. The smallest absolute Gasteiger partial charge is 0.178 e. The number of rotatable bonds is 16. The van der Waals surface area contributed by atoms with Crippen molar-refractivity contribution in [2.45, 2.75) is 240 Å². The summed E-state index contributed by atoms with van der Waals surface area (Å²) in [4.78, 5) is 112. The minimum Gasteiger partial charge on any atom is -0.393 e. The quantitative estimate of drug-likeness (QED) is 0.0490. The fourth-order valence-electron chi connectivity index (χ4n) is 26.3. The SMILES string of the molecule is CC12C=CC(=O)C=C1CCC1C2[C@@H](O)CC2(C)C1CC[C@]2(O)C(=O)CSc1nc2ncccc2[nH]1.CCCC1O[C@@H]2CC3C4CCC5=CC(=O)C=CC5(C)C4[C@@H](O)CC3(C)[C@]2(C(=O)CSc2nc3ccncc3[nH]2)O1.CCC[C@H]1O[C@@H]2CC3C4CCC5=CC(=O)C=CC5(C)C4[C@@H](O)CC3(C)[C@]2(C(=O)CSc2cnc3ccccc3n2)O1. The summed E-state index contributed by atoms with van der Waals surface area (Å²) in [5.41, 5.74) is 1.46. The van der Waals surface area contributed by atoms with Crippen LogP contribution in [0.15, 0.2) is 154 Å². The Balaban J connectivity index is 0.000000121. The number of allylic oxidation sites excluding steroid dienone is 12. The lowest BCUT2D eigenvalue weighted by atomic mass is 9.46. The highest BCUT2D eigenvalue weighted by atomic mass is 32.2. The van der Waals surface area contributed by atoms with Crippen molar-refractivity contribution in [2.24, 2.45) is 85.8 Å². The minimum atomic E-state index is -1.48. The molecule has 1 aromatic carbocycles. The number of Topliss-reactive ketones (excluding diaryl/α,β-unsaturated/α-hetero) is 3. The Labute approximate surface area is 688 Å². The van der Waals surface area contributed by atoms with Crippen LogP contribution in [0.25, 0.3) is 33.2 Å². The lowest BCUT2D eigenvalue weighted by Crippen LogP contribution is -2.63. The first-order valence-electron chi connectivity index (χ1n) is 42.1. The summed E-state index contributed by atoms with van der Waals surface area (Å²) in [6.45, 7) is 17.0. The van der Waals surface area contributed by atoms with E-state index < -0.39 is 63.9 Å². The Hall–Kier alpha value is -7.01. The number of pyridine rings is 2. The van der Waals surface area contributed by atoms with Crippen LogP contribution in [0.4, 0.5) is 0 Å². The number of H-pyrrole nitrogens is 2. The molecule has 6 N–H and O–H groups in total. The summed E-state index contributed by atoms with van der Waals surface area (Å²) < 4.78 is 26.6. The number of ether oxygens (including phenoxy) is 4. The van der Waals surface area contributed by atoms with Gasteiger partial charge >= 0.3 is 0 Å². The van der Waals surface area contributed by atoms with E-state index in [9.17, 15) is 49.2 Å². The standard InChI is InChI=1S/C33H38N2O5S.C31H37N3O5S.C27H31N3O4S/c1-4-7-29-39-27-15-22-21-11-10-19-14-20(36)12-13-31(19,2)30(21)25(37)16-32(22,3)33(27,40-29)26(38)18-41-28-17-34-23-8-5-6-9-24(23)35-28;1-4-5-26-38-25-13-20-19-7-6-17-12-18(35)8-10-29(17,2)27(19)23(36)14-30(20,3)31(25,39-26)24(37)16-40-28-33-21-9-11-32-15-22(21)34-28;1-25-9-7-16(31)12-15(25)5-6-17-18-8-10-27(34,26(18,2)13-20(32)22(17)25)21(33)14-35-24-29-19-4-3-11-28-23(19)30-24/h5-6,8-9,12-14,17,21-22,25,27,29-30,37H,4,7,10-11,15-16,18H2,1-3H3;8-12,15,19-20,23,25-27,36H,4-7,13-14,16H2,1-3H3,(H,33,34);3-4,7,9,11-12,17-18,20,22,32,34H,5-6,8,10,13-14H2,1-2H3,(H,28,29,30)/t21?,22?,25-,27+,29-,30?,31?,32?,33+;19?,20?,23-,25+,26?,27?,29?,30?,31+;17?,18?,20-,22?,25?,26?,27-/m000/s1. The van der Waals surface area contributed by atoms with Gasteiger partial charge in [0.2, 0.25) is 0 Å². The molecule has 25 atom stereocenters. The van der Waals surface area contributed by atoms with Gasteiger partial charge in [-0.1, -0.05) is 151 Å². The molecular formula is C91H106N8O14S3. The van der Waals surface area contributed by atoms with E-state index >= 15 is 0 Å². The molecule has 0 spiro atoms. The van der Waals surface area contributed by atoms with E-state index in [0.29, 0.717) is 46.7 Å². The number of hydrogen-bond acceptors (Lipinski definition) is 23. The number of thioether (sulfide) groups is 3. The second-order valence-electron chi connectivity index (χ2n) is 37.1. The number of nitrogens with one attached hydrogen (secondary N) is 2. The van der Waals surface area contributed by atoms with Crippen molar-refractivity contribution in [3.05, 3.63) is 139 Å². The number of para-hydroxylation sites is 2. The molecule has 14 aliphatic rings. The summed E-state index contributed by atoms with van der Waals surface area (Å²) in [5, 5.41) is 49.2. The van der Waals surface area contributed by atoms with Gasteiger partial charge in [-0.15, -0.1) is 0 Å². The van der Waals surface area contributed by atoms with Crippen LogP contribution in [0.3, 0.4) is 0 Å². The number of benzene rings is 1. The number of aromatic nitrogens is 8. The van der Waals surface area contributed by atoms with Crippen LogP contribution in [-0.4, -0.2) is 172 Å². The Morgan fingerprint density at radius 1 is 0.517 bits per heavy atom. The highest BCUT2D eigenvalue weighted by Gasteiger charge is 2.78. The number of carbonyl (C=O) groups is 6. The van der Waals surface area contributed by atoms with Gasteiger partial charge in [-0.2, -0.15) is 0 Å². The number of hydrogen-bond donors (Lipinski definition) is 6. The van der Waals surface area contributed by atoms with Crippen molar-refractivity contribution >= 4 is 103 Å². The van der Waals surface area contributed by atoms with E-state index in [0.717, 1.165) is 128 Å². The average Bonchev–Trinajstić information content (AvgIpc) is 1.50. The molecule has 0 amide bonds. The van der Waals surface area contributed by atoms with E-state index in [1.54, 1.807) is 61.2 Å². The number of aliphatic hydroxyl groups excluding tert-OH is 3. The van der Waals surface area contributed by atoms with Crippen molar-refractivity contribution in [1.29, 1.82) is 0 Å². The van der Waals surface area contributed by atoms with E-state index in [1.807, 2.05) is 67.6 Å². The monoisotopic (exact) mass is 1630 g/mol. The van der Waals surface area contributed by atoms with E-state index in [2.05, 4.69) is 83.4 Å². The molecular weight excluding hydrogens is 1530 g/mol. The zero-order valence-electron chi connectivity index (χ0n) is 67.2. The predicted octanol–water partition coefficient (Wildman–Crippen LogP) is 13.9. The summed E-state index contributed by atoms with van der Waals surface area (Å²) in [6, 6.07) is 13.3. The van der Waals surface area contributed by atoms with Crippen molar-refractivity contribution in [3.63, 3.8) is 0 Å². The summed E-state index contributed by atoms with van der Waals surface area (Å²) in [7, 11) is 0. The molecule has 116 heavy (non-hydrogen) atoms. The van der Waals surface area contributed by atoms with Gasteiger partial charge in [-0.3, -0.25) is 38.7 Å². The first kappa shape index (κ1) is 80.1. The fraction of sp³-hybridized carbons (Fsp3) is 0.582. The molecule has 5 aromatic heterocycles. The van der Waals surface area contributed by atoms with Crippen molar-refractivity contribution in [3.8, 4) is 0 Å². The second-order valence-corrected chi connectivity index (χ2v) is 40.0. The third-order valence-electron chi connectivity index (χ3n) is 31.5. The van der Waals surface area contributed by atoms with Gasteiger partial charge in [0.1, 0.15) is 10.6 Å². The second kappa shape index (κ2) is 29.7. The van der Waals surface area contributed by atoms with Crippen LogP contribution in [-0.2, 0) is 47.7 Å². The molecule has 9 saturated carbocycles. The zero-order valence-corrected chi connectivity index (χ0v) is 69.7.